The van der Waals surface area contributed by atoms with Crippen molar-refractivity contribution < 1.29 is 13.6 Å². The molecule has 0 heterocycles. The Kier molecular flexibility index (Phi) is 16.2. The van der Waals surface area contributed by atoms with Gasteiger partial charge in [0.05, 0.1) is 0 Å². The fourth-order valence-corrected chi connectivity index (χ4v) is 8.90. The molecule has 0 fully saturated rings. The minimum Gasteiger partial charge on any atom is -0.323 e. The molecule has 0 aliphatic heterocycles. The van der Waals surface area contributed by atoms with Crippen LogP contribution >= 0.6 is 55.0 Å². The van der Waals surface area contributed by atoms with Gasteiger partial charge in [-0.15, -0.1) is 9.05 Å². The molecule has 0 saturated heterocycles. The lowest BCUT2D eigenvalue weighted by Gasteiger charge is -2.22. The maximum absolute atomic E-state index is 12.6. The zero-order chi connectivity index (χ0) is 36.1. The maximum atomic E-state index is 12.6. The first-order valence-electron chi connectivity index (χ1n) is 17.3. The Labute approximate surface area is 318 Å². The summed E-state index contributed by atoms with van der Waals surface area (Å²) in [5, 5.41) is 1.50. The van der Waals surface area contributed by atoms with Gasteiger partial charge in [-0.25, -0.2) is 0 Å². The van der Waals surface area contributed by atoms with Crippen LogP contribution in [0.5, 0.6) is 0 Å². The number of nitrogens with two attached hydrogens (primary N) is 2. The Morgan fingerprint density at radius 1 is 0.640 bits per heavy atom. The quantitative estimate of drug-likeness (QED) is 0.0865. The van der Waals surface area contributed by atoms with Crippen LogP contribution in [0.2, 0.25) is 10.0 Å². The van der Waals surface area contributed by atoms with Gasteiger partial charge in [0.25, 0.3) is 0 Å². The second kappa shape index (κ2) is 19.8. The molecule has 10 heteroatoms. The summed E-state index contributed by atoms with van der Waals surface area (Å²) in [4.78, 5) is 4.63. The van der Waals surface area contributed by atoms with Crippen molar-refractivity contribution in [3.8, 4) is 0 Å². The fraction of sp³-hybridized carbons (Fsp3) is 0.400. The number of hydrogen-bond acceptors (Lipinski definition) is 7. The van der Waals surface area contributed by atoms with Crippen molar-refractivity contribution in [1.82, 2.24) is 0 Å². The molecule has 0 bridgehead atoms. The third kappa shape index (κ3) is 13.9. The summed E-state index contributed by atoms with van der Waals surface area (Å²) >= 11 is 16.7. The van der Waals surface area contributed by atoms with Gasteiger partial charge >= 0.3 is 8.25 Å². The second-order valence-electron chi connectivity index (χ2n) is 13.5. The highest BCUT2D eigenvalue weighted by Gasteiger charge is 2.31. The van der Waals surface area contributed by atoms with Crippen LogP contribution < -0.4 is 11.5 Å². The fourth-order valence-electron chi connectivity index (χ4n) is 5.47. The Morgan fingerprint density at radius 2 is 1.04 bits per heavy atom. The molecule has 5 nitrogen and oxygen atoms in total. The minimum absolute atomic E-state index is 0.112. The van der Waals surface area contributed by atoms with E-state index in [9.17, 15) is 4.57 Å². The van der Waals surface area contributed by atoms with Crippen molar-refractivity contribution in [3.63, 3.8) is 0 Å². The second-order valence-corrected chi connectivity index (χ2v) is 17.6. The molecule has 0 radical (unpaired) electrons. The smallest absolute Gasteiger partial charge is 0.323 e. The predicted molar refractivity (Wildman–Crippen MR) is 213 cm³/mol. The van der Waals surface area contributed by atoms with Crippen LogP contribution in [0.4, 0.5) is 0 Å². The van der Waals surface area contributed by atoms with Crippen molar-refractivity contribution in [3.05, 3.63) is 117 Å². The summed E-state index contributed by atoms with van der Waals surface area (Å²) in [7, 11) is -2.35. The molecular formula is C40H50Cl2N2O3PS2+. The molecule has 2 unspecified atom stereocenters. The van der Waals surface area contributed by atoms with Crippen LogP contribution in [0.25, 0.3) is 0 Å². The summed E-state index contributed by atoms with van der Waals surface area (Å²) in [6.07, 6.45) is 6.59. The molecule has 2 atom stereocenters. The molecule has 0 amide bonds. The average Bonchev–Trinajstić information content (AvgIpc) is 3.08. The number of hydrogen-bond donors (Lipinski definition) is 2. The first-order chi connectivity index (χ1) is 23.8. The van der Waals surface area contributed by atoms with E-state index < -0.39 is 19.3 Å². The van der Waals surface area contributed by atoms with Crippen molar-refractivity contribution in [2.24, 2.45) is 11.5 Å². The molecule has 0 aromatic heterocycles. The number of aryl methyl sites for hydroxylation is 4. The maximum Gasteiger partial charge on any atom is 0.697 e. The van der Waals surface area contributed by atoms with Crippen LogP contribution in [0.3, 0.4) is 0 Å². The lowest BCUT2D eigenvalue weighted by Crippen LogP contribution is -2.41. The van der Waals surface area contributed by atoms with E-state index in [-0.39, 0.29) is 13.2 Å². The molecule has 50 heavy (non-hydrogen) atoms. The lowest BCUT2D eigenvalue weighted by atomic mass is 9.95. The number of halogens is 2. The van der Waals surface area contributed by atoms with E-state index in [1.807, 2.05) is 26.0 Å². The van der Waals surface area contributed by atoms with E-state index in [0.717, 1.165) is 69.5 Å². The van der Waals surface area contributed by atoms with E-state index in [4.69, 9.17) is 43.7 Å². The van der Waals surface area contributed by atoms with Crippen LogP contribution in [-0.4, -0.2) is 24.3 Å². The van der Waals surface area contributed by atoms with Gasteiger partial charge in [-0.1, -0.05) is 97.0 Å². The molecule has 0 aliphatic rings. The third-order valence-electron chi connectivity index (χ3n) is 8.52. The summed E-state index contributed by atoms with van der Waals surface area (Å²) in [6, 6.07) is 29.6. The Bertz CT molecular complexity index is 1600. The molecule has 4 aromatic carbocycles. The predicted octanol–water partition coefficient (Wildman–Crippen LogP) is 11.9. The van der Waals surface area contributed by atoms with Crippen molar-refractivity contribution in [2.45, 2.75) is 110 Å². The number of benzene rings is 4. The molecule has 4 N–H and O–H groups in total. The van der Waals surface area contributed by atoms with Gasteiger partial charge in [0, 0.05) is 45.3 Å². The zero-order valence-electron chi connectivity index (χ0n) is 29.6. The first-order valence-corrected chi connectivity index (χ1v) is 20.7. The highest BCUT2D eigenvalue weighted by Crippen LogP contribution is 2.34. The molecule has 4 rings (SSSR count). The van der Waals surface area contributed by atoms with Crippen molar-refractivity contribution in [2.75, 3.05) is 13.2 Å². The topological polar surface area (TPSA) is 87.6 Å². The molecule has 268 valence electrons. The van der Waals surface area contributed by atoms with Gasteiger partial charge in [-0.2, -0.15) is 0 Å². The van der Waals surface area contributed by atoms with Gasteiger partial charge in [0.15, 0.2) is 0 Å². The summed E-state index contributed by atoms with van der Waals surface area (Å²) in [6.45, 7) is 8.34. The number of rotatable bonds is 20. The van der Waals surface area contributed by atoms with Gasteiger partial charge in [0.2, 0.25) is 0 Å². The van der Waals surface area contributed by atoms with Crippen molar-refractivity contribution in [1.29, 1.82) is 0 Å². The van der Waals surface area contributed by atoms with Crippen LogP contribution in [0.1, 0.15) is 75.6 Å². The van der Waals surface area contributed by atoms with Gasteiger partial charge in [-0.05, 0) is 136 Å². The van der Waals surface area contributed by atoms with E-state index >= 15 is 0 Å². The molecule has 0 aliphatic carbocycles. The van der Waals surface area contributed by atoms with Crippen LogP contribution in [0.15, 0.2) is 105 Å². The lowest BCUT2D eigenvalue weighted by molar-refractivity contribution is 0.156. The summed E-state index contributed by atoms with van der Waals surface area (Å²) in [5.41, 5.74) is 16.5. The normalized spacial score (nSPS) is 14.3. The summed E-state index contributed by atoms with van der Waals surface area (Å²) in [5.74, 6) is 0. The van der Waals surface area contributed by atoms with E-state index in [0.29, 0.717) is 12.8 Å². The molecule has 4 aromatic rings. The van der Waals surface area contributed by atoms with E-state index in [1.165, 1.54) is 20.9 Å². The van der Waals surface area contributed by atoms with Gasteiger partial charge in [-0.3, -0.25) is 0 Å². The SMILES string of the molecule is CCc1cccc(Sc2ccc(CCCC(C)(N)CO[P+](=O)OCC(C)(N)CCCc3ccc(Sc4cccc(CC)c4)cc3Cl)c(Cl)c2)c1. The van der Waals surface area contributed by atoms with Gasteiger partial charge in [0.1, 0.15) is 13.2 Å². The van der Waals surface area contributed by atoms with E-state index in [2.05, 4.69) is 86.6 Å². The molecule has 0 spiro atoms. The van der Waals surface area contributed by atoms with Gasteiger partial charge < -0.3 is 11.5 Å². The molecule has 0 saturated carbocycles. The minimum atomic E-state index is -2.35. The Morgan fingerprint density at radius 3 is 1.42 bits per heavy atom. The average molecular weight is 773 g/mol. The van der Waals surface area contributed by atoms with Crippen LogP contribution in [-0.2, 0) is 39.3 Å². The monoisotopic (exact) mass is 771 g/mol. The Hall–Kier alpha value is -1.90. The first kappa shape index (κ1) is 40.9. The zero-order valence-corrected chi connectivity index (χ0v) is 33.6. The highest BCUT2D eigenvalue weighted by molar-refractivity contribution is 7.99. The van der Waals surface area contributed by atoms with E-state index in [1.54, 1.807) is 23.5 Å². The highest BCUT2D eigenvalue weighted by atomic mass is 35.5. The standard InChI is InChI=1S/C40H50Cl2N2O3PS2/c1-5-29-11-7-15-33(23-29)49-35-19-17-31(37(41)25-35)13-9-21-39(3,43)27-46-48(45)47-28-40(4,44)22-10-14-32-18-20-36(26-38(32)42)50-34-16-8-12-30(6-2)24-34/h7-8,11-12,15-20,23-26H,5-6,9-10,13-14,21-22,27-28,43-44H2,1-4H3/q+1. The van der Waals surface area contributed by atoms with Crippen LogP contribution in [0, 0.1) is 0 Å². The molecular weight excluding hydrogens is 722 g/mol. The third-order valence-corrected chi connectivity index (χ3v) is 11.9. The largest absolute Gasteiger partial charge is 0.697 e. The summed E-state index contributed by atoms with van der Waals surface area (Å²) < 4.78 is 23.6. The Balaban J connectivity index is 1.13. The van der Waals surface area contributed by atoms with Crippen molar-refractivity contribution >= 4 is 55.0 Å².